The van der Waals surface area contributed by atoms with Gasteiger partial charge in [-0.05, 0) is 114 Å². The lowest BCUT2D eigenvalue weighted by Crippen LogP contribution is -1.99. The maximum Gasteiger partial charge on any atom is -0.00731 e. The Kier molecular flexibility index (Phi) is 12.5. The largest absolute Gasteiger partial charge is 0.0654 e. The Hall–Kier alpha value is -6.24. The molecule has 0 atom stereocenters. The molecule has 0 radical (unpaired) electrons. The zero-order chi connectivity index (χ0) is 39.5. The van der Waals surface area contributed by atoms with Gasteiger partial charge in [-0.25, -0.2) is 0 Å². The topological polar surface area (TPSA) is 0 Å². The third kappa shape index (κ3) is 8.25. The molecule has 8 aromatic rings. The van der Waals surface area contributed by atoms with E-state index < -0.39 is 0 Å². The van der Waals surface area contributed by atoms with Crippen molar-refractivity contribution in [2.24, 2.45) is 0 Å². The summed E-state index contributed by atoms with van der Waals surface area (Å²) >= 11 is 0. The van der Waals surface area contributed by atoms with Crippen LogP contribution in [0.4, 0.5) is 0 Å². The van der Waals surface area contributed by atoms with Crippen molar-refractivity contribution in [3.05, 3.63) is 228 Å². The smallest absolute Gasteiger partial charge is 0.00731 e. The predicted octanol–water partition coefficient (Wildman–Crippen LogP) is 16.7. The van der Waals surface area contributed by atoms with Crippen molar-refractivity contribution in [2.45, 2.75) is 65.2 Å². The Bertz CT molecular complexity index is 2560. The summed E-state index contributed by atoms with van der Waals surface area (Å²) < 4.78 is 0. The van der Waals surface area contributed by atoms with Crippen LogP contribution in [0.1, 0.15) is 98.6 Å². The van der Waals surface area contributed by atoms with Crippen LogP contribution >= 0.6 is 0 Å². The van der Waals surface area contributed by atoms with Crippen LogP contribution < -0.4 is 0 Å². The monoisotopic (exact) mass is 750 g/mol. The summed E-state index contributed by atoms with van der Waals surface area (Å²) in [7, 11) is 0. The second-order valence-electron chi connectivity index (χ2n) is 15.5. The first-order chi connectivity index (χ1) is 28.8. The van der Waals surface area contributed by atoms with Gasteiger partial charge in [0.15, 0.2) is 0 Å². The Morgan fingerprint density at radius 2 is 0.621 bits per heavy atom. The molecule has 286 valence electrons. The van der Waals surface area contributed by atoms with E-state index in [2.05, 4.69) is 208 Å². The zero-order valence-electron chi connectivity index (χ0n) is 34.1. The van der Waals surface area contributed by atoms with E-state index in [1.165, 1.54) is 108 Å². The molecule has 0 aliphatic carbocycles. The third-order valence-electron chi connectivity index (χ3n) is 11.7. The van der Waals surface area contributed by atoms with Crippen molar-refractivity contribution in [3.8, 4) is 11.1 Å². The van der Waals surface area contributed by atoms with Gasteiger partial charge in [0.2, 0.25) is 0 Å². The van der Waals surface area contributed by atoms with Gasteiger partial charge in [0, 0.05) is 0 Å². The van der Waals surface area contributed by atoms with Crippen LogP contribution in [-0.4, -0.2) is 0 Å². The molecule has 0 aromatic heterocycles. The van der Waals surface area contributed by atoms with Crippen molar-refractivity contribution in [1.82, 2.24) is 0 Å². The molecule has 0 saturated heterocycles. The summed E-state index contributed by atoms with van der Waals surface area (Å²) in [5.74, 6) is 0. The van der Waals surface area contributed by atoms with Gasteiger partial charge < -0.3 is 0 Å². The summed E-state index contributed by atoms with van der Waals surface area (Å²) in [4.78, 5) is 0. The van der Waals surface area contributed by atoms with E-state index in [-0.39, 0.29) is 0 Å². The van der Waals surface area contributed by atoms with Gasteiger partial charge >= 0.3 is 0 Å². The highest BCUT2D eigenvalue weighted by molar-refractivity contribution is 6.14. The highest BCUT2D eigenvalue weighted by Crippen LogP contribution is 2.44. The van der Waals surface area contributed by atoms with Crippen molar-refractivity contribution in [1.29, 1.82) is 0 Å². The molecule has 0 heteroatoms. The minimum atomic E-state index is 1.01. The molecule has 0 N–H and O–H groups in total. The van der Waals surface area contributed by atoms with Crippen LogP contribution in [0.5, 0.6) is 0 Å². The quantitative estimate of drug-likeness (QED) is 0.0723. The van der Waals surface area contributed by atoms with Crippen molar-refractivity contribution >= 4 is 43.8 Å². The second-order valence-corrected chi connectivity index (χ2v) is 15.5. The van der Waals surface area contributed by atoms with E-state index in [9.17, 15) is 0 Å². The molecule has 58 heavy (non-hydrogen) atoms. The minimum Gasteiger partial charge on any atom is -0.0654 e. The Morgan fingerprint density at radius 1 is 0.293 bits per heavy atom. The highest BCUT2D eigenvalue weighted by atomic mass is 14.2. The summed E-state index contributed by atoms with van der Waals surface area (Å²) in [5, 5.41) is 5.19. The maximum absolute atomic E-state index is 2.43. The molecule has 0 fully saturated rings. The number of unbranched alkanes of at least 4 members (excludes halogenated alkanes) is 4. The fourth-order valence-corrected chi connectivity index (χ4v) is 8.91. The van der Waals surface area contributed by atoms with Crippen LogP contribution in [0.15, 0.2) is 194 Å². The van der Waals surface area contributed by atoms with E-state index in [0.29, 0.717) is 0 Å². The van der Waals surface area contributed by atoms with Crippen LogP contribution in [0.25, 0.3) is 55.0 Å². The molecular formula is C58H54. The first-order valence-electron chi connectivity index (χ1n) is 21.5. The molecular weight excluding hydrogens is 697 g/mol. The third-order valence-corrected chi connectivity index (χ3v) is 11.7. The fourth-order valence-electron chi connectivity index (χ4n) is 8.91. The number of allylic oxidation sites excluding steroid dienone is 2. The van der Waals surface area contributed by atoms with Crippen molar-refractivity contribution in [2.75, 3.05) is 0 Å². The molecule has 0 nitrogen and oxygen atoms in total. The van der Waals surface area contributed by atoms with E-state index in [1.807, 2.05) is 0 Å². The van der Waals surface area contributed by atoms with Gasteiger partial charge in [-0.2, -0.15) is 0 Å². The van der Waals surface area contributed by atoms with Crippen molar-refractivity contribution < 1.29 is 0 Å². The maximum atomic E-state index is 2.43. The molecule has 0 aliphatic heterocycles. The number of hydrogen-bond acceptors (Lipinski definition) is 0. The van der Waals surface area contributed by atoms with E-state index >= 15 is 0 Å². The number of fused-ring (bicyclic) bond motifs is 2. The highest BCUT2D eigenvalue weighted by Gasteiger charge is 2.21. The van der Waals surface area contributed by atoms with Crippen LogP contribution in [0.2, 0.25) is 0 Å². The Labute approximate surface area is 346 Å². The first kappa shape index (κ1) is 38.6. The summed E-state index contributed by atoms with van der Waals surface area (Å²) in [6, 6.07) is 71.9. The standard InChI is InChI=1S/C58H54/c1-3-5-7-20-38-56(58(45-29-16-10-17-30-45)46-31-18-11-19-32-46)54-42-40-52(48-35-22-24-37-50(48)54)51-39-41-53(49-36-23-21-34-47(49)51)55(33-6-4-2)57(43-25-12-8-13-26-43)44-27-14-9-15-28-44/h8-19,21-32,34-37,39-42H,3-7,20,33,38H2,1-2H3. The average molecular weight is 751 g/mol. The average Bonchev–Trinajstić information content (AvgIpc) is 3.29. The van der Waals surface area contributed by atoms with Crippen LogP contribution in [0.3, 0.4) is 0 Å². The Balaban J connectivity index is 1.35. The van der Waals surface area contributed by atoms with Crippen LogP contribution in [-0.2, 0) is 0 Å². The van der Waals surface area contributed by atoms with E-state index in [4.69, 9.17) is 0 Å². The summed E-state index contributed by atoms with van der Waals surface area (Å²) in [5.41, 5.74) is 15.8. The second kappa shape index (κ2) is 18.8. The molecule has 0 bridgehead atoms. The van der Waals surface area contributed by atoms with E-state index in [1.54, 1.807) is 0 Å². The van der Waals surface area contributed by atoms with Gasteiger partial charge in [-0.3, -0.25) is 0 Å². The van der Waals surface area contributed by atoms with Gasteiger partial charge in [-0.15, -0.1) is 0 Å². The van der Waals surface area contributed by atoms with Crippen molar-refractivity contribution in [3.63, 3.8) is 0 Å². The summed E-state index contributed by atoms with van der Waals surface area (Å²) in [6.45, 7) is 4.60. The van der Waals surface area contributed by atoms with Crippen LogP contribution in [0, 0.1) is 0 Å². The molecule has 0 unspecified atom stereocenters. The molecule has 0 spiro atoms. The lowest BCUT2D eigenvalue weighted by atomic mass is 9.82. The molecule has 0 amide bonds. The molecule has 0 aliphatic rings. The molecule has 0 saturated carbocycles. The minimum absolute atomic E-state index is 1.01. The molecule has 8 aromatic carbocycles. The Morgan fingerprint density at radius 3 is 0.983 bits per heavy atom. The lowest BCUT2D eigenvalue weighted by Gasteiger charge is -2.22. The van der Waals surface area contributed by atoms with Gasteiger partial charge in [0.05, 0.1) is 0 Å². The van der Waals surface area contributed by atoms with Gasteiger partial charge in [0.1, 0.15) is 0 Å². The fraction of sp³-hybridized carbons (Fsp3) is 0.172. The lowest BCUT2D eigenvalue weighted by molar-refractivity contribution is 0.679. The van der Waals surface area contributed by atoms with E-state index in [0.717, 1.165) is 32.1 Å². The number of rotatable bonds is 15. The molecule has 8 rings (SSSR count). The summed E-state index contributed by atoms with van der Waals surface area (Å²) in [6.07, 6.45) is 9.18. The molecule has 0 heterocycles. The SMILES string of the molecule is CCCCCCC(=C(c1ccccc1)c1ccccc1)c1ccc(-c2ccc(C(CCCC)=C(c3ccccc3)c3ccccc3)c3ccccc23)c2ccccc12. The number of benzene rings is 8. The van der Waals surface area contributed by atoms with Gasteiger partial charge in [-0.1, -0.05) is 234 Å². The zero-order valence-corrected chi connectivity index (χ0v) is 34.1. The predicted molar refractivity (Wildman–Crippen MR) is 253 cm³/mol. The van der Waals surface area contributed by atoms with Gasteiger partial charge in [0.25, 0.3) is 0 Å². The normalized spacial score (nSPS) is 11.1. The number of hydrogen-bond donors (Lipinski definition) is 0. The first-order valence-corrected chi connectivity index (χ1v) is 21.5.